The molecule has 0 bridgehead atoms. The van der Waals surface area contributed by atoms with Crippen LogP contribution in [-0.4, -0.2) is 17.2 Å². The highest BCUT2D eigenvalue weighted by Gasteiger charge is 2.13. The highest BCUT2D eigenvalue weighted by Crippen LogP contribution is 2.28. The first-order chi connectivity index (χ1) is 10.2. The van der Waals surface area contributed by atoms with E-state index in [-0.39, 0.29) is 5.82 Å². The summed E-state index contributed by atoms with van der Waals surface area (Å²) in [6, 6.07) is 12.4. The van der Waals surface area contributed by atoms with Crippen molar-refractivity contribution in [1.29, 1.82) is 0 Å². The maximum absolute atomic E-state index is 13.3. The van der Waals surface area contributed by atoms with Gasteiger partial charge < -0.3 is 9.84 Å². The van der Waals surface area contributed by atoms with Crippen molar-refractivity contribution in [3.05, 3.63) is 53.8 Å². The molecule has 0 saturated heterocycles. The molecule has 0 atom stereocenters. The molecule has 1 aromatic heterocycles. The van der Waals surface area contributed by atoms with Crippen molar-refractivity contribution in [2.24, 2.45) is 0 Å². The molecule has 0 saturated carbocycles. The maximum Gasteiger partial charge on any atom is 0.260 e. The van der Waals surface area contributed by atoms with E-state index in [4.69, 9.17) is 4.52 Å². The number of benzene rings is 2. The zero-order valence-corrected chi connectivity index (χ0v) is 11.7. The summed E-state index contributed by atoms with van der Waals surface area (Å²) in [7, 11) is 1.83. The number of para-hydroxylation sites is 1. The summed E-state index contributed by atoms with van der Waals surface area (Å²) in [5.41, 5.74) is 3.01. The van der Waals surface area contributed by atoms with E-state index >= 15 is 0 Å². The van der Waals surface area contributed by atoms with Crippen LogP contribution in [0.15, 0.2) is 47.0 Å². The molecule has 5 heteroatoms. The molecule has 4 nitrogen and oxygen atoms in total. The van der Waals surface area contributed by atoms with E-state index in [0.29, 0.717) is 17.3 Å². The molecular formula is C16H14FN3O. The van der Waals surface area contributed by atoms with Crippen LogP contribution >= 0.6 is 0 Å². The van der Waals surface area contributed by atoms with Crippen LogP contribution in [0.2, 0.25) is 0 Å². The largest absolute Gasteiger partial charge is 0.387 e. The van der Waals surface area contributed by atoms with E-state index in [0.717, 1.165) is 16.8 Å². The van der Waals surface area contributed by atoms with Gasteiger partial charge in [-0.25, -0.2) is 4.39 Å². The Balaban J connectivity index is 2.01. The lowest BCUT2D eigenvalue weighted by atomic mass is 10.1. The topological polar surface area (TPSA) is 51.0 Å². The second-order valence-corrected chi connectivity index (χ2v) is 4.68. The Kier molecular flexibility index (Phi) is 3.39. The predicted molar refractivity (Wildman–Crippen MR) is 79.4 cm³/mol. The van der Waals surface area contributed by atoms with Gasteiger partial charge >= 0.3 is 0 Å². The van der Waals surface area contributed by atoms with Gasteiger partial charge in [0.2, 0.25) is 5.82 Å². The van der Waals surface area contributed by atoms with E-state index in [1.807, 2.05) is 31.3 Å². The van der Waals surface area contributed by atoms with Crippen LogP contribution < -0.4 is 5.32 Å². The van der Waals surface area contributed by atoms with E-state index in [9.17, 15) is 4.39 Å². The number of hydrogen-bond acceptors (Lipinski definition) is 4. The van der Waals surface area contributed by atoms with Gasteiger partial charge in [0, 0.05) is 18.3 Å². The number of halogens is 1. The monoisotopic (exact) mass is 283 g/mol. The van der Waals surface area contributed by atoms with Crippen molar-refractivity contribution >= 4 is 5.69 Å². The fourth-order valence-corrected chi connectivity index (χ4v) is 2.12. The molecule has 0 radical (unpaired) electrons. The molecule has 0 fully saturated rings. The molecule has 106 valence electrons. The van der Waals surface area contributed by atoms with Crippen LogP contribution in [0, 0.1) is 12.7 Å². The standard InChI is InChI=1S/C16H14FN3O/c1-10-9-11(7-8-13(10)17)15-19-16(21-20-15)12-5-3-4-6-14(12)18-2/h3-9,18H,1-2H3. The average molecular weight is 283 g/mol. The summed E-state index contributed by atoms with van der Waals surface area (Å²) in [6.45, 7) is 1.70. The molecule has 3 aromatic rings. The van der Waals surface area contributed by atoms with Gasteiger partial charge in [-0.05, 0) is 42.8 Å². The molecule has 1 N–H and O–H groups in total. The van der Waals surface area contributed by atoms with Gasteiger partial charge in [0.15, 0.2) is 0 Å². The minimum Gasteiger partial charge on any atom is -0.387 e. The van der Waals surface area contributed by atoms with E-state index in [1.165, 1.54) is 6.07 Å². The van der Waals surface area contributed by atoms with Crippen LogP contribution in [0.5, 0.6) is 0 Å². The lowest BCUT2D eigenvalue weighted by Gasteiger charge is -2.03. The van der Waals surface area contributed by atoms with Crippen molar-refractivity contribution in [2.75, 3.05) is 12.4 Å². The average Bonchev–Trinajstić information content (AvgIpc) is 2.99. The quantitative estimate of drug-likeness (QED) is 0.792. The van der Waals surface area contributed by atoms with E-state index < -0.39 is 0 Å². The van der Waals surface area contributed by atoms with Crippen LogP contribution in [0.1, 0.15) is 5.56 Å². The number of aryl methyl sites for hydroxylation is 1. The first kappa shape index (κ1) is 13.3. The highest BCUT2D eigenvalue weighted by molar-refractivity contribution is 5.73. The van der Waals surface area contributed by atoms with Gasteiger partial charge in [-0.15, -0.1) is 0 Å². The zero-order chi connectivity index (χ0) is 14.8. The Morgan fingerprint density at radius 1 is 1.14 bits per heavy atom. The zero-order valence-electron chi connectivity index (χ0n) is 11.7. The molecule has 1 heterocycles. The van der Waals surface area contributed by atoms with Crippen LogP contribution in [0.25, 0.3) is 22.8 Å². The molecular weight excluding hydrogens is 269 g/mol. The number of rotatable bonds is 3. The SMILES string of the molecule is CNc1ccccc1-c1nc(-c2ccc(F)c(C)c2)no1. The summed E-state index contributed by atoms with van der Waals surface area (Å²) in [6.07, 6.45) is 0. The second-order valence-electron chi connectivity index (χ2n) is 4.68. The van der Waals surface area contributed by atoms with Gasteiger partial charge in [-0.1, -0.05) is 17.3 Å². The Labute approximate surface area is 121 Å². The minimum atomic E-state index is -0.247. The van der Waals surface area contributed by atoms with Crippen LogP contribution in [0.3, 0.4) is 0 Å². The van der Waals surface area contributed by atoms with Crippen LogP contribution in [0.4, 0.5) is 10.1 Å². The molecule has 0 unspecified atom stereocenters. The number of aromatic nitrogens is 2. The summed E-state index contributed by atoms with van der Waals surface area (Å²) >= 11 is 0. The Bertz CT molecular complexity index is 783. The third-order valence-corrected chi connectivity index (χ3v) is 3.27. The Hall–Kier alpha value is -2.69. The summed E-state index contributed by atoms with van der Waals surface area (Å²) in [5.74, 6) is 0.624. The van der Waals surface area contributed by atoms with Crippen molar-refractivity contribution in [2.45, 2.75) is 6.92 Å². The molecule has 3 rings (SSSR count). The molecule has 2 aromatic carbocycles. The number of hydrogen-bond donors (Lipinski definition) is 1. The van der Waals surface area contributed by atoms with Gasteiger partial charge in [-0.2, -0.15) is 4.98 Å². The summed E-state index contributed by atoms with van der Waals surface area (Å²) < 4.78 is 18.6. The molecule has 0 spiro atoms. The first-order valence-corrected chi connectivity index (χ1v) is 6.56. The van der Waals surface area contributed by atoms with E-state index in [1.54, 1.807) is 19.1 Å². The first-order valence-electron chi connectivity index (χ1n) is 6.56. The summed E-state index contributed by atoms with van der Waals surface area (Å²) in [5, 5.41) is 7.05. The number of nitrogens with one attached hydrogen (secondary N) is 1. The van der Waals surface area contributed by atoms with E-state index in [2.05, 4.69) is 15.5 Å². The molecule has 21 heavy (non-hydrogen) atoms. The molecule has 0 aliphatic heterocycles. The van der Waals surface area contributed by atoms with Gasteiger partial charge in [0.05, 0.1) is 5.56 Å². The fraction of sp³-hybridized carbons (Fsp3) is 0.125. The van der Waals surface area contributed by atoms with Crippen LogP contribution in [-0.2, 0) is 0 Å². The van der Waals surface area contributed by atoms with Gasteiger partial charge in [0.1, 0.15) is 5.82 Å². The van der Waals surface area contributed by atoms with Crippen molar-refractivity contribution in [3.8, 4) is 22.8 Å². The second kappa shape index (κ2) is 5.36. The summed E-state index contributed by atoms with van der Waals surface area (Å²) in [4.78, 5) is 4.39. The lowest BCUT2D eigenvalue weighted by Crippen LogP contribution is -1.91. The van der Waals surface area contributed by atoms with Crippen molar-refractivity contribution < 1.29 is 8.91 Å². The minimum absolute atomic E-state index is 0.247. The van der Waals surface area contributed by atoms with Crippen molar-refractivity contribution in [1.82, 2.24) is 10.1 Å². The predicted octanol–water partition coefficient (Wildman–Crippen LogP) is 3.89. The third kappa shape index (κ3) is 2.50. The van der Waals surface area contributed by atoms with Gasteiger partial charge in [0.25, 0.3) is 5.89 Å². The molecule has 0 aliphatic rings. The van der Waals surface area contributed by atoms with Crippen molar-refractivity contribution in [3.63, 3.8) is 0 Å². The Morgan fingerprint density at radius 2 is 1.95 bits per heavy atom. The van der Waals surface area contributed by atoms with Gasteiger partial charge in [-0.3, -0.25) is 0 Å². The third-order valence-electron chi connectivity index (χ3n) is 3.27. The Morgan fingerprint density at radius 3 is 2.71 bits per heavy atom. The lowest BCUT2D eigenvalue weighted by molar-refractivity contribution is 0.432. The molecule has 0 aliphatic carbocycles. The number of anilines is 1. The normalized spacial score (nSPS) is 10.6. The maximum atomic E-state index is 13.3. The smallest absolute Gasteiger partial charge is 0.260 e. The fourth-order valence-electron chi connectivity index (χ4n) is 2.12. The molecule has 0 amide bonds. The number of nitrogens with zero attached hydrogens (tertiary/aromatic N) is 2. The highest BCUT2D eigenvalue weighted by atomic mass is 19.1.